The number of esters is 1. The van der Waals surface area contributed by atoms with Gasteiger partial charge in [0.05, 0.1) is 13.7 Å². The van der Waals surface area contributed by atoms with E-state index in [1.807, 2.05) is 30.3 Å². The van der Waals surface area contributed by atoms with Gasteiger partial charge in [-0.05, 0) is 36.2 Å². The average Bonchev–Trinajstić information content (AvgIpc) is 2.70. The van der Waals surface area contributed by atoms with Gasteiger partial charge in [0.2, 0.25) is 0 Å². The Morgan fingerprint density at radius 2 is 1.63 bits per heavy atom. The summed E-state index contributed by atoms with van der Waals surface area (Å²) in [4.78, 5) is 25.3. The van der Waals surface area contributed by atoms with Gasteiger partial charge in [-0.3, -0.25) is 9.59 Å². The highest BCUT2D eigenvalue weighted by Crippen LogP contribution is 2.17. The van der Waals surface area contributed by atoms with Gasteiger partial charge in [-0.25, -0.2) is 0 Å². The predicted octanol–water partition coefficient (Wildman–Crippen LogP) is 3.06. The molecule has 0 unspecified atom stereocenters. The highest BCUT2D eigenvalue weighted by Gasteiger charge is 2.12. The number of hydrogen-bond acceptors (Lipinski definition) is 5. The summed E-state index contributed by atoms with van der Waals surface area (Å²) in [5, 5.41) is 0. The van der Waals surface area contributed by atoms with E-state index in [4.69, 9.17) is 14.2 Å². The fourth-order valence-corrected chi connectivity index (χ4v) is 2.35. The summed E-state index contributed by atoms with van der Waals surface area (Å²) in [7, 11) is 3.29. The van der Waals surface area contributed by atoms with Crippen molar-refractivity contribution in [3.63, 3.8) is 0 Å². The molecule has 6 nitrogen and oxygen atoms in total. The summed E-state index contributed by atoms with van der Waals surface area (Å²) in [5.74, 6) is 0.825. The minimum atomic E-state index is -0.408. The number of carbonyl (C=O) groups excluding carboxylic acids is 2. The van der Waals surface area contributed by atoms with Crippen LogP contribution in [0.2, 0.25) is 0 Å². The number of hydrogen-bond donors (Lipinski definition) is 0. The first-order chi connectivity index (χ1) is 13.1. The molecule has 2 aromatic carbocycles. The zero-order chi connectivity index (χ0) is 19.5. The Labute approximate surface area is 159 Å². The van der Waals surface area contributed by atoms with Crippen molar-refractivity contribution < 1.29 is 23.8 Å². The number of carbonyl (C=O) groups is 2. The molecule has 0 aromatic heterocycles. The molecule has 0 aliphatic heterocycles. The fraction of sp³-hybridized carbons (Fsp3) is 0.333. The van der Waals surface area contributed by atoms with Crippen LogP contribution in [0.25, 0.3) is 0 Å². The second-order valence-corrected chi connectivity index (χ2v) is 6.02. The van der Waals surface area contributed by atoms with Crippen LogP contribution in [0.5, 0.6) is 11.5 Å². The van der Waals surface area contributed by atoms with Gasteiger partial charge in [0.25, 0.3) is 5.91 Å². The van der Waals surface area contributed by atoms with E-state index < -0.39 is 5.97 Å². The highest BCUT2D eigenvalue weighted by atomic mass is 16.5. The molecule has 0 spiro atoms. The molecule has 6 heteroatoms. The minimum absolute atomic E-state index is 0.200. The van der Waals surface area contributed by atoms with E-state index in [0.717, 1.165) is 11.3 Å². The summed E-state index contributed by atoms with van der Waals surface area (Å²) in [6, 6.07) is 16.9. The molecule has 144 valence electrons. The van der Waals surface area contributed by atoms with E-state index >= 15 is 0 Å². The Morgan fingerprint density at radius 3 is 2.30 bits per heavy atom. The van der Waals surface area contributed by atoms with Crippen molar-refractivity contribution in [2.45, 2.75) is 19.4 Å². The second-order valence-electron chi connectivity index (χ2n) is 6.02. The lowest BCUT2D eigenvalue weighted by atomic mass is 10.2. The van der Waals surface area contributed by atoms with E-state index in [1.165, 1.54) is 4.90 Å². The Bertz CT molecular complexity index is 715. The molecule has 0 radical (unpaired) electrons. The number of methoxy groups -OCH3 is 1. The third-order valence-electron chi connectivity index (χ3n) is 3.90. The van der Waals surface area contributed by atoms with Crippen LogP contribution in [0.4, 0.5) is 0 Å². The normalized spacial score (nSPS) is 10.1. The van der Waals surface area contributed by atoms with Crippen LogP contribution in [0.3, 0.4) is 0 Å². The van der Waals surface area contributed by atoms with Crippen LogP contribution >= 0.6 is 0 Å². The minimum Gasteiger partial charge on any atom is -0.497 e. The number of rotatable bonds is 10. The van der Waals surface area contributed by atoms with Crippen LogP contribution in [-0.4, -0.2) is 44.1 Å². The first-order valence-corrected chi connectivity index (χ1v) is 8.79. The third-order valence-corrected chi connectivity index (χ3v) is 3.90. The Morgan fingerprint density at radius 1 is 0.963 bits per heavy atom. The van der Waals surface area contributed by atoms with E-state index in [2.05, 4.69) is 0 Å². The van der Waals surface area contributed by atoms with E-state index in [0.29, 0.717) is 25.3 Å². The van der Waals surface area contributed by atoms with Crippen molar-refractivity contribution in [3.8, 4) is 11.5 Å². The van der Waals surface area contributed by atoms with E-state index in [9.17, 15) is 9.59 Å². The molecule has 2 rings (SSSR count). The smallest absolute Gasteiger partial charge is 0.306 e. The largest absolute Gasteiger partial charge is 0.497 e. The van der Waals surface area contributed by atoms with Crippen LogP contribution in [0, 0.1) is 0 Å². The molecule has 27 heavy (non-hydrogen) atoms. The van der Waals surface area contributed by atoms with Crippen molar-refractivity contribution >= 4 is 11.9 Å². The number of amides is 1. The van der Waals surface area contributed by atoms with E-state index in [-0.39, 0.29) is 18.9 Å². The number of nitrogens with zero attached hydrogens (tertiary/aromatic N) is 1. The summed E-state index contributed by atoms with van der Waals surface area (Å²) in [5.41, 5.74) is 1.02. The first kappa shape index (κ1) is 20.3. The monoisotopic (exact) mass is 371 g/mol. The lowest BCUT2D eigenvalue weighted by Crippen LogP contribution is -2.30. The summed E-state index contributed by atoms with van der Waals surface area (Å²) in [6.07, 6.45) is 0.713. The second kappa shape index (κ2) is 10.9. The highest BCUT2D eigenvalue weighted by molar-refractivity contribution is 5.80. The van der Waals surface area contributed by atoms with Crippen LogP contribution in [0.15, 0.2) is 54.6 Å². The molecule has 1 amide bonds. The topological polar surface area (TPSA) is 65.1 Å². The molecule has 0 aliphatic rings. The zero-order valence-corrected chi connectivity index (χ0v) is 15.7. The van der Waals surface area contributed by atoms with Gasteiger partial charge in [0, 0.05) is 20.0 Å². The molecule has 0 heterocycles. The molecule has 0 aliphatic carbocycles. The predicted molar refractivity (Wildman–Crippen MR) is 102 cm³/mol. The van der Waals surface area contributed by atoms with Gasteiger partial charge in [0.1, 0.15) is 11.5 Å². The summed E-state index contributed by atoms with van der Waals surface area (Å²) >= 11 is 0. The Balaban J connectivity index is 1.60. The molecule has 0 saturated carbocycles. The molecule has 0 bridgehead atoms. The Kier molecular flexibility index (Phi) is 8.16. The quantitative estimate of drug-likeness (QED) is 0.474. The summed E-state index contributed by atoms with van der Waals surface area (Å²) < 4.78 is 15.7. The lowest BCUT2D eigenvalue weighted by molar-refractivity contribution is -0.151. The van der Waals surface area contributed by atoms with Gasteiger partial charge < -0.3 is 19.1 Å². The van der Waals surface area contributed by atoms with Crippen molar-refractivity contribution in [3.05, 3.63) is 60.2 Å². The number of likely N-dealkylation sites (N-methyl/N-ethyl adjacent to an activating group) is 1. The van der Waals surface area contributed by atoms with Crippen LogP contribution < -0.4 is 9.47 Å². The van der Waals surface area contributed by atoms with Crippen molar-refractivity contribution in [1.29, 1.82) is 0 Å². The number of ether oxygens (including phenoxy) is 3. The van der Waals surface area contributed by atoms with E-state index in [1.54, 1.807) is 38.4 Å². The average molecular weight is 371 g/mol. The Hall–Kier alpha value is -3.02. The van der Waals surface area contributed by atoms with Gasteiger partial charge in [-0.15, -0.1) is 0 Å². The molecule has 0 N–H and O–H groups in total. The maximum Gasteiger partial charge on any atom is 0.306 e. The van der Waals surface area contributed by atoms with Crippen LogP contribution in [0.1, 0.15) is 18.4 Å². The van der Waals surface area contributed by atoms with Gasteiger partial charge in [-0.2, -0.15) is 0 Å². The summed E-state index contributed by atoms with van der Waals surface area (Å²) in [6.45, 7) is 0.623. The van der Waals surface area contributed by atoms with Crippen LogP contribution in [-0.2, 0) is 20.9 Å². The fourth-order valence-electron chi connectivity index (χ4n) is 2.35. The van der Waals surface area contributed by atoms with Gasteiger partial charge >= 0.3 is 5.97 Å². The first-order valence-electron chi connectivity index (χ1n) is 8.79. The molecular formula is C21H25NO5. The van der Waals surface area contributed by atoms with Gasteiger partial charge in [0.15, 0.2) is 6.61 Å². The SMILES string of the molecule is COc1ccc(OCCCC(=O)OCC(=O)N(C)Cc2ccccc2)cc1. The van der Waals surface area contributed by atoms with Crippen molar-refractivity contribution in [2.75, 3.05) is 27.4 Å². The molecule has 0 atom stereocenters. The maximum absolute atomic E-state index is 12.0. The van der Waals surface area contributed by atoms with Crippen molar-refractivity contribution in [1.82, 2.24) is 4.90 Å². The van der Waals surface area contributed by atoms with Gasteiger partial charge in [-0.1, -0.05) is 30.3 Å². The molecule has 0 fully saturated rings. The third kappa shape index (κ3) is 7.40. The lowest BCUT2D eigenvalue weighted by Gasteiger charge is -2.17. The maximum atomic E-state index is 12.0. The molecule has 2 aromatic rings. The standard InChI is InChI=1S/C21H25NO5/c1-22(15-17-7-4-3-5-8-17)20(23)16-27-21(24)9-6-14-26-19-12-10-18(25-2)11-13-19/h3-5,7-8,10-13H,6,9,14-16H2,1-2H3. The molecular weight excluding hydrogens is 346 g/mol. The molecule has 0 saturated heterocycles. The number of benzene rings is 2. The zero-order valence-electron chi connectivity index (χ0n) is 15.7. The van der Waals surface area contributed by atoms with Crippen molar-refractivity contribution in [2.24, 2.45) is 0 Å².